The standard InChI is InChI=1S/C17H20O3S/c1-4-17(2,3)13-5-9-15(10-6-13)21(19,20)16-11-7-14(18)8-12-16/h5-12,18H,4H2,1-3H3. The van der Waals surface area contributed by atoms with Gasteiger partial charge in [0.25, 0.3) is 0 Å². The summed E-state index contributed by atoms with van der Waals surface area (Å²) in [5.74, 6) is 0.0500. The first-order chi connectivity index (χ1) is 9.77. The maximum absolute atomic E-state index is 12.5. The summed E-state index contributed by atoms with van der Waals surface area (Å²) in [4.78, 5) is 0.451. The number of phenols is 1. The van der Waals surface area contributed by atoms with Gasteiger partial charge in [-0.2, -0.15) is 0 Å². The maximum Gasteiger partial charge on any atom is 0.206 e. The zero-order valence-electron chi connectivity index (χ0n) is 12.5. The average molecular weight is 304 g/mol. The van der Waals surface area contributed by atoms with Crippen molar-refractivity contribution in [3.63, 3.8) is 0 Å². The Labute approximate surface area is 126 Å². The summed E-state index contributed by atoms with van der Waals surface area (Å²) in [5, 5.41) is 9.25. The molecule has 0 saturated heterocycles. The fourth-order valence-electron chi connectivity index (χ4n) is 2.05. The summed E-state index contributed by atoms with van der Waals surface area (Å²) in [7, 11) is -3.54. The molecule has 2 rings (SSSR count). The van der Waals surface area contributed by atoms with Crippen LogP contribution in [0, 0.1) is 0 Å². The minimum Gasteiger partial charge on any atom is -0.508 e. The van der Waals surface area contributed by atoms with E-state index >= 15 is 0 Å². The number of hydrogen-bond acceptors (Lipinski definition) is 3. The van der Waals surface area contributed by atoms with Gasteiger partial charge >= 0.3 is 0 Å². The SMILES string of the molecule is CCC(C)(C)c1ccc(S(=O)(=O)c2ccc(O)cc2)cc1. The summed E-state index contributed by atoms with van der Waals surface area (Å²) in [5.41, 5.74) is 1.15. The van der Waals surface area contributed by atoms with Gasteiger partial charge in [-0.25, -0.2) is 8.42 Å². The lowest BCUT2D eigenvalue weighted by Gasteiger charge is -2.23. The fraction of sp³-hybridized carbons (Fsp3) is 0.294. The Bertz CT molecular complexity index is 712. The van der Waals surface area contributed by atoms with E-state index < -0.39 is 9.84 Å². The minimum absolute atomic E-state index is 0.0286. The molecule has 3 nitrogen and oxygen atoms in total. The second kappa shape index (κ2) is 5.53. The molecular formula is C17H20O3S. The lowest BCUT2D eigenvalue weighted by molar-refractivity contribution is 0.475. The number of sulfone groups is 1. The summed E-state index contributed by atoms with van der Waals surface area (Å²) < 4.78 is 25.0. The monoisotopic (exact) mass is 304 g/mol. The van der Waals surface area contributed by atoms with Crippen molar-refractivity contribution in [3.8, 4) is 5.75 Å². The van der Waals surface area contributed by atoms with E-state index in [1.54, 1.807) is 12.1 Å². The van der Waals surface area contributed by atoms with Gasteiger partial charge < -0.3 is 5.11 Å². The summed E-state index contributed by atoms with van der Waals surface area (Å²) in [6.07, 6.45) is 0.983. The Kier molecular flexibility index (Phi) is 4.10. The van der Waals surface area contributed by atoms with Gasteiger partial charge in [0.15, 0.2) is 0 Å². The molecule has 2 aromatic rings. The van der Waals surface area contributed by atoms with Crippen molar-refractivity contribution in [1.82, 2.24) is 0 Å². The number of phenolic OH excluding ortho intramolecular Hbond substituents is 1. The van der Waals surface area contributed by atoms with Crippen LogP contribution in [0.5, 0.6) is 5.75 Å². The molecule has 1 N–H and O–H groups in total. The van der Waals surface area contributed by atoms with Crippen LogP contribution < -0.4 is 0 Å². The molecule has 0 bridgehead atoms. The van der Waals surface area contributed by atoms with Crippen LogP contribution in [0.25, 0.3) is 0 Å². The molecule has 0 amide bonds. The lowest BCUT2D eigenvalue weighted by atomic mass is 9.82. The second-order valence-electron chi connectivity index (χ2n) is 5.76. The van der Waals surface area contributed by atoms with E-state index in [0.29, 0.717) is 0 Å². The van der Waals surface area contributed by atoms with Gasteiger partial charge in [-0.1, -0.05) is 32.9 Å². The molecule has 0 heterocycles. The third-order valence-corrected chi connectivity index (χ3v) is 5.76. The Balaban J connectivity index is 2.40. The highest BCUT2D eigenvalue weighted by atomic mass is 32.2. The molecule has 0 aromatic heterocycles. The highest BCUT2D eigenvalue weighted by Crippen LogP contribution is 2.29. The van der Waals surface area contributed by atoms with Gasteiger partial charge in [0.05, 0.1) is 9.79 Å². The zero-order valence-corrected chi connectivity index (χ0v) is 13.3. The van der Waals surface area contributed by atoms with E-state index in [1.165, 1.54) is 24.3 Å². The van der Waals surface area contributed by atoms with Crippen molar-refractivity contribution >= 4 is 9.84 Å². The van der Waals surface area contributed by atoms with Gasteiger partial charge in [-0.15, -0.1) is 0 Å². The van der Waals surface area contributed by atoms with Crippen LogP contribution in [0.15, 0.2) is 58.3 Å². The molecule has 0 radical (unpaired) electrons. The van der Waals surface area contributed by atoms with Crippen LogP contribution in [-0.4, -0.2) is 13.5 Å². The topological polar surface area (TPSA) is 54.4 Å². The smallest absolute Gasteiger partial charge is 0.206 e. The summed E-state index contributed by atoms with van der Waals surface area (Å²) in [6, 6.07) is 12.6. The normalized spacial score (nSPS) is 12.3. The summed E-state index contributed by atoms with van der Waals surface area (Å²) in [6.45, 7) is 6.38. The van der Waals surface area contributed by atoms with E-state index in [2.05, 4.69) is 20.8 Å². The van der Waals surface area contributed by atoms with E-state index in [-0.39, 0.29) is 21.0 Å². The Morgan fingerprint density at radius 3 is 1.76 bits per heavy atom. The molecule has 0 unspecified atom stereocenters. The highest BCUT2D eigenvalue weighted by Gasteiger charge is 2.21. The third-order valence-electron chi connectivity index (χ3n) is 3.98. The first-order valence-electron chi connectivity index (χ1n) is 6.92. The predicted molar refractivity (Wildman–Crippen MR) is 83.3 cm³/mol. The van der Waals surface area contributed by atoms with Gasteiger partial charge in [0, 0.05) is 0 Å². The van der Waals surface area contributed by atoms with Crippen LogP contribution in [0.4, 0.5) is 0 Å². The average Bonchev–Trinajstić information content (AvgIpc) is 2.48. The number of benzene rings is 2. The molecule has 4 heteroatoms. The molecule has 0 aliphatic carbocycles. The van der Waals surface area contributed by atoms with E-state index in [9.17, 15) is 13.5 Å². The molecule has 0 aliphatic rings. The Hall–Kier alpha value is -1.81. The molecule has 0 aliphatic heterocycles. The van der Waals surface area contributed by atoms with Gasteiger partial charge in [0.1, 0.15) is 5.75 Å². The zero-order chi connectivity index (χ0) is 15.7. The lowest BCUT2D eigenvalue weighted by Crippen LogP contribution is -2.15. The second-order valence-corrected chi connectivity index (χ2v) is 7.71. The molecular weight excluding hydrogens is 284 g/mol. The van der Waals surface area contributed by atoms with Crippen LogP contribution in [0.3, 0.4) is 0 Å². The van der Waals surface area contributed by atoms with E-state index in [1.807, 2.05) is 12.1 Å². The van der Waals surface area contributed by atoms with Crippen molar-refractivity contribution in [3.05, 3.63) is 54.1 Å². The molecule has 0 atom stereocenters. The van der Waals surface area contributed by atoms with Crippen molar-refractivity contribution in [1.29, 1.82) is 0 Å². The predicted octanol–water partition coefficient (Wildman–Crippen LogP) is 3.91. The molecule has 0 spiro atoms. The fourth-order valence-corrected chi connectivity index (χ4v) is 3.31. The van der Waals surface area contributed by atoms with Crippen molar-refractivity contribution in [2.75, 3.05) is 0 Å². The first-order valence-corrected chi connectivity index (χ1v) is 8.40. The van der Waals surface area contributed by atoms with E-state index in [4.69, 9.17) is 0 Å². The number of hydrogen-bond donors (Lipinski definition) is 1. The van der Waals surface area contributed by atoms with Crippen molar-refractivity contribution < 1.29 is 13.5 Å². The van der Waals surface area contributed by atoms with Crippen LogP contribution in [-0.2, 0) is 15.3 Å². The van der Waals surface area contributed by atoms with Crippen LogP contribution in [0.2, 0.25) is 0 Å². The highest BCUT2D eigenvalue weighted by molar-refractivity contribution is 7.91. The van der Waals surface area contributed by atoms with Gasteiger partial charge in [0.2, 0.25) is 9.84 Å². The van der Waals surface area contributed by atoms with Crippen LogP contribution >= 0.6 is 0 Å². The quantitative estimate of drug-likeness (QED) is 0.931. The first kappa shape index (κ1) is 15.6. The van der Waals surface area contributed by atoms with Gasteiger partial charge in [-0.3, -0.25) is 0 Å². The third kappa shape index (κ3) is 3.10. The number of aromatic hydroxyl groups is 1. The molecule has 21 heavy (non-hydrogen) atoms. The molecule has 112 valence electrons. The van der Waals surface area contributed by atoms with E-state index in [0.717, 1.165) is 12.0 Å². The van der Waals surface area contributed by atoms with Crippen molar-refractivity contribution in [2.24, 2.45) is 0 Å². The molecule has 0 fully saturated rings. The molecule has 0 saturated carbocycles. The largest absolute Gasteiger partial charge is 0.508 e. The minimum atomic E-state index is -3.54. The maximum atomic E-state index is 12.5. The Morgan fingerprint density at radius 2 is 1.33 bits per heavy atom. The molecule has 2 aromatic carbocycles. The number of rotatable bonds is 4. The summed E-state index contributed by atoms with van der Waals surface area (Å²) >= 11 is 0. The Morgan fingerprint density at radius 1 is 0.905 bits per heavy atom. The van der Waals surface area contributed by atoms with Crippen molar-refractivity contribution in [2.45, 2.75) is 42.4 Å². The van der Waals surface area contributed by atoms with Crippen LogP contribution in [0.1, 0.15) is 32.8 Å². The van der Waals surface area contributed by atoms with Gasteiger partial charge in [-0.05, 0) is 53.8 Å².